The molecule has 2 fully saturated rings. The number of likely N-dealkylation sites (tertiary alicyclic amines) is 1. The minimum atomic E-state index is -0.225. The number of nitrogens with zero attached hydrogens (tertiary/aromatic N) is 1. The molecule has 4 heteroatoms. The van der Waals surface area contributed by atoms with Gasteiger partial charge in [0.15, 0.2) is 0 Å². The molecule has 1 aromatic carbocycles. The molecule has 0 aromatic heterocycles. The molecule has 0 bridgehead atoms. The van der Waals surface area contributed by atoms with E-state index in [1.165, 1.54) is 18.6 Å². The zero-order valence-electron chi connectivity index (χ0n) is 15.9. The number of benzene rings is 1. The molecule has 3 nitrogen and oxygen atoms in total. The van der Waals surface area contributed by atoms with Crippen molar-refractivity contribution in [2.75, 3.05) is 19.6 Å². The van der Waals surface area contributed by atoms with Crippen LogP contribution in [0.2, 0.25) is 0 Å². The molecule has 2 aliphatic rings. The minimum Gasteiger partial charge on any atom is -0.354 e. The maximum Gasteiger partial charge on any atom is 0.223 e. The first-order valence-corrected chi connectivity index (χ1v) is 9.54. The van der Waals surface area contributed by atoms with Gasteiger partial charge in [0, 0.05) is 31.1 Å². The molecule has 0 radical (unpaired) electrons. The van der Waals surface area contributed by atoms with E-state index in [4.69, 9.17) is 0 Å². The summed E-state index contributed by atoms with van der Waals surface area (Å²) in [6.45, 7) is 12.0. The van der Waals surface area contributed by atoms with Gasteiger partial charge in [-0.1, -0.05) is 26.0 Å². The summed E-state index contributed by atoms with van der Waals surface area (Å²) in [6.07, 6.45) is 2.16. The highest BCUT2D eigenvalue weighted by molar-refractivity contribution is 5.82. The van der Waals surface area contributed by atoms with Gasteiger partial charge in [0.1, 0.15) is 5.82 Å². The maximum atomic E-state index is 13.0. The number of carbonyl (C=O) groups is 1. The fourth-order valence-corrected chi connectivity index (χ4v) is 4.27. The second kappa shape index (κ2) is 7.06. The largest absolute Gasteiger partial charge is 0.354 e. The van der Waals surface area contributed by atoms with Gasteiger partial charge in [0.2, 0.25) is 5.91 Å². The van der Waals surface area contributed by atoms with Crippen LogP contribution in [0.5, 0.6) is 0 Å². The Balaban J connectivity index is 1.51. The molecular weight excluding hydrogens is 315 g/mol. The van der Waals surface area contributed by atoms with Gasteiger partial charge >= 0.3 is 0 Å². The highest BCUT2D eigenvalue weighted by atomic mass is 19.1. The lowest BCUT2D eigenvalue weighted by Crippen LogP contribution is -2.56. The molecule has 1 heterocycles. The molecule has 1 saturated heterocycles. The number of hydrogen-bond donors (Lipinski definition) is 1. The quantitative estimate of drug-likeness (QED) is 0.879. The van der Waals surface area contributed by atoms with Gasteiger partial charge in [-0.15, -0.1) is 0 Å². The zero-order chi connectivity index (χ0) is 18.2. The fraction of sp³-hybridized carbons (Fsp3) is 0.667. The van der Waals surface area contributed by atoms with E-state index in [1.807, 2.05) is 0 Å². The summed E-state index contributed by atoms with van der Waals surface area (Å²) < 4.78 is 13.0. The number of rotatable bonds is 5. The monoisotopic (exact) mass is 346 g/mol. The Labute approximate surface area is 151 Å². The molecule has 1 aliphatic heterocycles. The van der Waals surface area contributed by atoms with Gasteiger partial charge in [0.05, 0.1) is 0 Å². The van der Waals surface area contributed by atoms with Crippen LogP contribution in [0.15, 0.2) is 24.3 Å². The standard InChI is InChI=1S/C21H31FN2O/c1-14-9-15(2)12-24(11-14)21(3,4)13-23-20(25)19-10-18(19)16-5-7-17(22)8-6-16/h5-8,14-15,18-19H,9-13H2,1-4H3,(H,23,25). The van der Waals surface area contributed by atoms with Crippen molar-refractivity contribution in [1.82, 2.24) is 10.2 Å². The predicted molar refractivity (Wildman–Crippen MR) is 98.9 cm³/mol. The number of halogens is 1. The Morgan fingerprint density at radius 2 is 1.76 bits per heavy atom. The van der Waals surface area contributed by atoms with E-state index in [0.717, 1.165) is 25.1 Å². The molecule has 0 spiro atoms. The molecule has 1 amide bonds. The lowest BCUT2D eigenvalue weighted by atomic mass is 9.88. The lowest BCUT2D eigenvalue weighted by Gasteiger charge is -2.45. The zero-order valence-corrected chi connectivity index (χ0v) is 15.9. The van der Waals surface area contributed by atoms with Crippen molar-refractivity contribution in [3.63, 3.8) is 0 Å². The van der Waals surface area contributed by atoms with Crippen LogP contribution in [0.3, 0.4) is 0 Å². The average molecular weight is 346 g/mol. The number of carbonyl (C=O) groups excluding carboxylic acids is 1. The van der Waals surface area contributed by atoms with E-state index in [1.54, 1.807) is 12.1 Å². The van der Waals surface area contributed by atoms with Crippen LogP contribution in [0.25, 0.3) is 0 Å². The summed E-state index contributed by atoms with van der Waals surface area (Å²) in [6, 6.07) is 6.55. The number of nitrogens with one attached hydrogen (secondary N) is 1. The summed E-state index contributed by atoms with van der Waals surface area (Å²) >= 11 is 0. The number of hydrogen-bond acceptors (Lipinski definition) is 2. The first kappa shape index (κ1) is 18.4. The van der Waals surface area contributed by atoms with E-state index in [9.17, 15) is 9.18 Å². The minimum absolute atomic E-state index is 0.0289. The summed E-state index contributed by atoms with van der Waals surface area (Å²) in [5, 5.41) is 3.17. The molecular formula is C21H31FN2O. The molecule has 3 rings (SSSR count). The lowest BCUT2D eigenvalue weighted by molar-refractivity contribution is -0.123. The molecule has 1 saturated carbocycles. The molecule has 138 valence electrons. The number of amides is 1. The van der Waals surface area contributed by atoms with Crippen molar-refractivity contribution in [3.8, 4) is 0 Å². The van der Waals surface area contributed by atoms with Gasteiger partial charge in [0.25, 0.3) is 0 Å². The Bertz CT molecular complexity index is 603. The average Bonchev–Trinajstić information content (AvgIpc) is 3.33. The summed E-state index contributed by atoms with van der Waals surface area (Å²) in [5.41, 5.74) is 1.04. The van der Waals surface area contributed by atoms with E-state index in [2.05, 4.69) is 37.9 Å². The van der Waals surface area contributed by atoms with E-state index >= 15 is 0 Å². The Hall–Kier alpha value is -1.42. The third-order valence-corrected chi connectivity index (χ3v) is 5.85. The second-order valence-corrected chi connectivity index (χ2v) is 8.88. The smallest absolute Gasteiger partial charge is 0.223 e. The van der Waals surface area contributed by atoms with Gasteiger partial charge in [-0.05, 0) is 62.1 Å². The van der Waals surface area contributed by atoms with Crippen molar-refractivity contribution in [2.45, 2.75) is 52.0 Å². The van der Waals surface area contributed by atoms with Crippen LogP contribution in [0, 0.1) is 23.6 Å². The number of piperidine rings is 1. The second-order valence-electron chi connectivity index (χ2n) is 8.88. The molecule has 1 aliphatic carbocycles. The normalized spacial score (nSPS) is 30.1. The van der Waals surface area contributed by atoms with Crippen LogP contribution >= 0.6 is 0 Å². The molecule has 4 unspecified atom stereocenters. The van der Waals surface area contributed by atoms with Crippen molar-refractivity contribution in [3.05, 3.63) is 35.6 Å². The highest BCUT2D eigenvalue weighted by Crippen LogP contribution is 2.47. The van der Waals surface area contributed by atoms with Crippen LogP contribution in [0.1, 0.15) is 52.0 Å². The molecule has 4 atom stereocenters. The summed E-state index contributed by atoms with van der Waals surface area (Å²) in [5.74, 6) is 1.63. The maximum absolute atomic E-state index is 13.0. The van der Waals surface area contributed by atoms with Gasteiger partial charge < -0.3 is 5.32 Å². The third kappa shape index (κ3) is 4.41. The predicted octanol–water partition coefficient (Wildman–Crippen LogP) is 3.80. The topological polar surface area (TPSA) is 32.3 Å². The highest BCUT2D eigenvalue weighted by Gasteiger charge is 2.44. The summed E-state index contributed by atoms with van der Waals surface area (Å²) in [7, 11) is 0. The first-order valence-electron chi connectivity index (χ1n) is 9.54. The summed E-state index contributed by atoms with van der Waals surface area (Å²) in [4.78, 5) is 15.0. The third-order valence-electron chi connectivity index (χ3n) is 5.85. The van der Waals surface area contributed by atoms with Crippen molar-refractivity contribution >= 4 is 5.91 Å². The van der Waals surface area contributed by atoms with Crippen LogP contribution < -0.4 is 5.32 Å². The molecule has 25 heavy (non-hydrogen) atoms. The Morgan fingerprint density at radius 3 is 2.36 bits per heavy atom. The molecule has 1 aromatic rings. The van der Waals surface area contributed by atoms with Crippen molar-refractivity contribution in [1.29, 1.82) is 0 Å². The van der Waals surface area contributed by atoms with Gasteiger partial charge in [-0.2, -0.15) is 0 Å². The molecule has 1 N–H and O–H groups in total. The fourth-order valence-electron chi connectivity index (χ4n) is 4.27. The van der Waals surface area contributed by atoms with Crippen LogP contribution in [0.4, 0.5) is 4.39 Å². The van der Waals surface area contributed by atoms with E-state index < -0.39 is 0 Å². The Morgan fingerprint density at radius 1 is 1.16 bits per heavy atom. The van der Waals surface area contributed by atoms with Crippen LogP contribution in [-0.2, 0) is 4.79 Å². The first-order chi connectivity index (χ1) is 11.8. The van der Waals surface area contributed by atoms with E-state index in [-0.39, 0.29) is 29.1 Å². The van der Waals surface area contributed by atoms with Crippen molar-refractivity contribution in [2.24, 2.45) is 17.8 Å². The van der Waals surface area contributed by atoms with Gasteiger partial charge in [-0.3, -0.25) is 9.69 Å². The Kier molecular flexibility index (Phi) is 5.19. The van der Waals surface area contributed by atoms with E-state index in [0.29, 0.717) is 18.4 Å². The SMILES string of the molecule is CC1CC(C)CN(C(C)(C)CNC(=O)C2CC2c2ccc(F)cc2)C1. The van der Waals surface area contributed by atoms with Crippen LogP contribution in [-0.4, -0.2) is 36.0 Å². The van der Waals surface area contributed by atoms with Gasteiger partial charge in [-0.25, -0.2) is 4.39 Å². The van der Waals surface area contributed by atoms with Crippen molar-refractivity contribution < 1.29 is 9.18 Å².